The van der Waals surface area contributed by atoms with Crippen molar-refractivity contribution in [1.29, 1.82) is 0 Å². The standard InChI is InChI=1S/C24H32N8O6/c33-21(15-11-25-19(29-15)17-3-1-9-31(17)23(35)36)27-13-5-7-14(8-6-13)28-22(34)16-12-26-20(30-16)18-4-2-10-32(18)24(37)38/h11-14,17-18H,1-10H2,(H,25,29)(H,26,30)(H,27,33)(H,28,34)(H,35,36)(H,37,38)/t13?,14?,17-,18-/m0/s1. The lowest BCUT2D eigenvalue weighted by Crippen LogP contribution is -2.44. The molecule has 2 aromatic rings. The normalized spacial score (nSPS) is 25.4. The Morgan fingerprint density at radius 3 is 1.47 bits per heavy atom. The van der Waals surface area contributed by atoms with Crippen LogP contribution < -0.4 is 10.6 Å². The first kappa shape index (κ1) is 25.5. The van der Waals surface area contributed by atoms with E-state index in [0.717, 1.165) is 12.8 Å². The molecule has 0 spiro atoms. The SMILES string of the molecule is O=C(NC1CCC(NC(=O)c2cnc([C@@H]3CCCN3C(=O)O)[nH]2)CC1)c1cnc([C@@H]2CCCN2C(=O)O)[nH]1. The van der Waals surface area contributed by atoms with Crippen molar-refractivity contribution >= 4 is 24.0 Å². The Hall–Kier alpha value is -4.10. The van der Waals surface area contributed by atoms with Crippen LogP contribution in [0, 0.1) is 0 Å². The van der Waals surface area contributed by atoms with Crippen molar-refractivity contribution in [2.24, 2.45) is 0 Å². The third kappa shape index (κ3) is 5.29. The minimum atomic E-state index is -0.995. The fraction of sp³-hybridized carbons (Fsp3) is 0.583. The first-order valence-corrected chi connectivity index (χ1v) is 13.0. The summed E-state index contributed by atoms with van der Waals surface area (Å²) in [6, 6.07) is -0.832. The van der Waals surface area contributed by atoms with Crippen LogP contribution in [0.2, 0.25) is 0 Å². The Morgan fingerprint density at radius 1 is 0.711 bits per heavy atom. The average Bonchev–Trinajstić information content (AvgIpc) is 3.69. The van der Waals surface area contributed by atoms with E-state index >= 15 is 0 Å². The van der Waals surface area contributed by atoms with Gasteiger partial charge in [-0.05, 0) is 51.4 Å². The molecule has 0 bridgehead atoms. The van der Waals surface area contributed by atoms with Crippen molar-refractivity contribution in [1.82, 2.24) is 40.4 Å². The quantitative estimate of drug-likeness (QED) is 0.328. The van der Waals surface area contributed by atoms with Gasteiger partial charge >= 0.3 is 12.2 Å². The van der Waals surface area contributed by atoms with Crippen LogP contribution in [0.5, 0.6) is 0 Å². The number of likely N-dealkylation sites (tertiary alicyclic amines) is 2. The van der Waals surface area contributed by atoms with Gasteiger partial charge in [-0.1, -0.05) is 0 Å². The van der Waals surface area contributed by atoms with Gasteiger partial charge in [0.2, 0.25) is 0 Å². The van der Waals surface area contributed by atoms with Crippen LogP contribution in [-0.4, -0.2) is 89.1 Å². The molecule has 6 N–H and O–H groups in total. The fourth-order valence-electron chi connectivity index (χ4n) is 5.71. The first-order valence-electron chi connectivity index (χ1n) is 13.0. The molecular formula is C24H32N8O6. The highest BCUT2D eigenvalue weighted by Crippen LogP contribution is 2.31. The van der Waals surface area contributed by atoms with Crippen LogP contribution in [0.3, 0.4) is 0 Å². The zero-order chi connectivity index (χ0) is 26.8. The molecule has 2 aromatic heterocycles. The van der Waals surface area contributed by atoms with E-state index in [9.17, 15) is 29.4 Å². The van der Waals surface area contributed by atoms with E-state index in [1.54, 1.807) is 0 Å². The number of hydrogen-bond donors (Lipinski definition) is 6. The van der Waals surface area contributed by atoms with Crippen LogP contribution in [0.15, 0.2) is 12.4 Å². The topological polar surface area (TPSA) is 197 Å². The Bertz CT molecular complexity index is 1110. The van der Waals surface area contributed by atoms with E-state index in [2.05, 4.69) is 30.6 Å². The maximum atomic E-state index is 12.7. The summed E-state index contributed by atoms with van der Waals surface area (Å²) in [5.74, 6) is 0.380. The summed E-state index contributed by atoms with van der Waals surface area (Å²) >= 11 is 0. The van der Waals surface area contributed by atoms with E-state index in [-0.39, 0.29) is 36.0 Å². The van der Waals surface area contributed by atoms with Crippen LogP contribution in [0.1, 0.15) is 96.1 Å². The summed E-state index contributed by atoms with van der Waals surface area (Å²) in [4.78, 5) is 65.4. The lowest BCUT2D eigenvalue weighted by molar-refractivity contribution is 0.0887. The summed E-state index contributed by atoms with van der Waals surface area (Å²) in [5, 5.41) is 24.7. The highest BCUT2D eigenvalue weighted by Gasteiger charge is 2.34. The van der Waals surface area contributed by atoms with Gasteiger partial charge < -0.3 is 30.8 Å². The molecule has 14 heteroatoms. The second-order valence-corrected chi connectivity index (χ2v) is 10.1. The number of rotatable bonds is 6. The van der Waals surface area contributed by atoms with Gasteiger partial charge in [-0.15, -0.1) is 0 Å². The molecule has 4 amide bonds. The molecule has 4 heterocycles. The van der Waals surface area contributed by atoms with Gasteiger partial charge in [0, 0.05) is 25.2 Å². The number of imidazole rings is 2. The number of H-pyrrole nitrogens is 2. The molecule has 2 atom stereocenters. The monoisotopic (exact) mass is 528 g/mol. The molecule has 14 nitrogen and oxygen atoms in total. The average molecular weight is 529 g/mol. The molecule has 1 aliphatic carbocycles. The zero-order valence-electron chi connectivity index (χ0n) is 20.9. The molecule has 5 rings (SSSR count). The number of carbonyl (C=O) groups excluding carboxylic acids is 2. The Morgan fingerprint density at radius 2 is 1.11 bits per heavy atom. The van der Waals surface area contributed by atoms with E-state index in [4.69, 9.17) is 0 Å². The maximum absolute atomic E-state index is 12.7. The summed E-state index contributed by atoms with van der Waals surface area (Å²) in [6.45, 7) is 0.904. The summed E-state index contributed by atoms with van der Waals surface area (Å²) in [5.41, 5.74) is 0.595. The van der Waals surface area contributed by atoms with Gasteiger partial charge in [-0.25, -0.2) is 19.6 Å². The molecule has 2 aliphatic heterocycles. The van der Waals surface area contributed by atoms with Crippen molar-refractivity contribution in [3.63, 3.8) is 0 Å². The lowest BCUT2D eigenvalue weighted by atomic mass is 9.91. The van der Waals surface area contributed by atoms with Gasteiger partial charge in [0.15, 0.2) is 0 Å². The first-order chi connectivity index (χ1) is 18.3. The number of carboxylic acid groups (broad SMARTS) is 2. The smallest absolute Gasteiger partial charge is 0.407 e. The summed E-state index contributed by atoms with van der Waals surface area (Å²) < 4.78 is 0. The third-order valence-corrected chi connectivity index (χ3v) is 7.71. The summed E-state index contributed by atoms with van der Waals surface area (Å²) in [6.07, 6.45) is 6.49. The molecule has 3 fully saturated rings. The number of aromatic nitrogens is 4. The molecule has 0 unspecified atom stereocenters. The second-order valence-electron chi connectivity index (χ2n) is 10.1. The third-order valence-electron chi connectivity index (χ3n) is 7.71. The van der Waals surface area contributed by atoms with Crippen LogP contribution in [0.4, 0.5) is 9.59 Å². The van der Waals surface area contributed by atoms with Crippen molar-refractivity contribution in [2.75, 3.05) is 13.1 Å². The number of amides is 4. The van der Waals surface area contributed by atoms with Crippen LogP contribution >= 0.6 is 0 Å². The number of carbonyl (C=O) groups is 4. The largest absolute Gasteiger partial charge is 0.465 e. The molecule has 204 valence electrons. The number of nitrogens with zero attached hydrogens (tertiary/aromatic N) is 4. The Balaban J connectivity index is 1.09. The van der Waals surface area contributed by atoms with Gasteiger partial charge in [0.25, 0.3) is 11.8 Å². The maximum Gasteiger partial charge on any atom is 0.407 e. The zero-order valence-corrected chi connectivity index (χ0v) is 20.9. The van der Waals surface area contributed by atoms with E-state index in [1.165, 1.54) is 22.2 Å². The molecule has 0 aromatic carbocycles. The predicted molar refractivity (Wildman–Crippen MR) is 132 cm³/mol. The minimum absolute atomic E-state index is 0.0486. The Labute approximate surface area is 218 Å². The second kappa shape index (κ2) is 10.7. The van der Waals surface area contributed by atoms with Gasteiger partial charge in [0.05, 0.1) is 24.5 Å². The van der Waals surface area contributed by atoms with Crippen LogP contribution in [0.25, 0.3) is 0 Å². The molecule has 3 aliphatic rings. The van der Waals surface area contributed by atoms with Gasteiger partial charge in [-0.3, -0.25) is 19.4 Å². The van der Waals surface area contributed by atoms with Gasteiger partial charge in [-0.2, -0.15) is 0 Å². The minimum Gasteiger partial charge on any atom is -0.465 e. The Kier molecular flexibility index (Phi) is 7.20. The number of aromatic amines is 2. The van der Waals surface area contributed by atoms with E-state index in [0.29, 0.717) is 74.7 Å². The van der Waals surface area contributed by atoms with E-state index in [1.807, 2.05) is 0 Å². The lowest BCUT2D eigenvalue weighted by Gasteiger charge is -2.29. The van der Waals surface area contributed by atoms with Crippen molar-refractivity contribution in [3.05, 3.63) is 35.4 Å². The summed E-state index contributed by atoms with van der Waals surface area (Å²) in [7, 11) is 0. The van der Waals surface area contributed by atoms with E-state index < -0.39 is 12.2 Å². The predicted octanol–water partition coefficient (Wildman–Crippen LogP) is 2.23. The highest BCUT2D eigenvalue weighted by atomic mass is 16.4. The van der Waals surface area contributed by atoms with Crippen molar-refractivity contribution < 1.29 is 29.4 Å². The fourth-order valence-corrected chi connectivity index (χ4v) is 5.71. The molecular weight excluding hydrogens is 496 g/mol. The molecule has 38 heavy (non-hydrogen) atoms. The molecule has 1 saturated carbocycles. The highest BCUT2D eigenvalue weighted by molar-refractivity contribution is 5.93. The van der Waals surface area contributed by atoms with Crippen LogP contribution in [-0.2, 0) is 0 Å². The molecule has 0 radical (unpaired) electrons. The number of hydrogen-bond acceptors (Lipinski definition) is 6. The van der Waals surface area contributed by atoms with Crippen molar-refractivity contribution in [2.45, 2.75) is 75.5 Å². The molecule has 2 saturated heterocycles. The number of nitrogens with one attached hydrogen (secondary N) is 4. The van der Waals surface area contributed by atoms with Crippen molar-refractivity contribution in [3.8, 4) is 0 Å². The van der Waals surface area contributed by atoms with Gasteiger partial charge in [0.1, 0.15) is 23.0 Å².